The number of para-hydroxylation sites is 1. The van der Waals surface area contributed by atoms with Crippen LogP contribution in [-0.2, 0) is 0 Å². The van der Waals surface area contributed by atoms with Crippen LogP contribution in [0.1, 0.15) is 0 Å². The number of carbonyl (C=O) groups excluding carboxylic acids is 2. The van der Waals surface area contributed by atoms with Gasteiger partial charge < -0.3 is 0 Å². The van der Waals surface area contributed by atoms with Gasteiger partial charge in [-0.3, -0.25) is 9.59 Å². The highest BCUT2D eigenvalue weighted by atomic mass is 35.5. The van der Waals surface area contributed by atoms with Crippen LogP contribution in [0.3, 0.4) is 0 Å². The molecule has 0 N–H and O–H groups in total. The second-order valence-corrected chi connectivity index (χ2v) is 2.82. The molecule has 0 aromatic heterocycles. The van der Waals surface area contributed by atoms with Crippen LogP contribution in [0.2, 0.25) is 0 Å². The molecular weight excluding hydrogens is 213 g/mol. The minimum atomic E-state index is -0.925. The Morgan fingerprint density at radius 3 is 1.85 bits per heavy atom. The van der Waals surface area contributed by atoms with Crippen LogP contribution in [-0.4, -0.2) is 10.7 Å². The molecule has 0 saturated heterocycles. The first-order valence-electron chi connectivity index (χ1n) is 3.37. The molecule has 1 rings (SSSR count). The van der Waals surface area contributed by atoms with Crippen molar-refractivity contribution in [1.29, 1.82) is 0 Å². The van der Waals surface area contributed by atoms with E-state index in [2.05, 4.69) is 0 Å². The monoisotopic (exact) mass is 217 g/mol. The first kappa shape index (κ1) is 10.0. The number of amides is 2. The molecular formula is C8H5Cl2NO2. The highest BCUT2D eigenvalue weighted by Crippen LogP contribution is 2.17. The Morgan fingerprint density at radius 1 is 1.00 bits per heavy atom. The van der Waals surface area contributed by atoms with E-state index in [-0.39, 0.29) is 0 Å². The molecule has 13 heavy (non-hydrogen) atoms. The molecule has 0 heterocycles. The predicted octanol–water partition coefficient (Wildman–Crippen LogP) is 3.21. The summed E-state index contributed by atoms with van der Waals surface area (Å²) >= 11 is 10.3. The number of hydrogen-bond acceptors (Lipinski definition) is 2. The number of rotatable bonds is 1. The molecule has 0 aliphatic rings. The van der Waals surface area contributed by atoms with E-state index in [1.807, 2.05) is 0 Å². The minimum Gasteiger partial charge on any atom is -0.254 e. The summed E-state index contributed by atoms with van der Waals surface area (Å²) in [5.41, 5.74) is 0.350. The van der Waals surface area contributed by atoms with Crippen LogP contribution in [0.15, 0.2) is 30.3 Å². The van der Waals surface area contributed by atoms with Crippen molar-refractivity contribution in [2.24, 2.45) is 0 Å². The first-order valence-corrected chi connectivity index (χ1v) is 4.12. The summed E-state index contributed by atoms with van der Waals surface area (Å²) in [6.07, 6.45) is 0. The van der Waals surface area contributed by atoms with Gasteiger partial charge in [-0.15, -0.1) is 0 Å². The van der Waals surface area contributed by atoms with E-state index in [0.29, 0.717) is 10.6 Å². The fourth-order valence-corrected chi connectivity index (χ4v) is 1.24. The first-order chi connectivity index (χ1) is 6.13. The van der Waals surface area contributed by atoms with E-state index in [4.69, 9.17) is 23.2 Å². The maximum absolute atomic E-state index is 10.8. The van der Waals surface area contributed by atoms with Crippen molar-refractivity contribution in [3.8, 4) is 0 Å². The van der Waals surface area contributed by atoms with Crippen molar-refractivity contribution in [3.05, 3.63) is 30.3 Å². The number of imide groups is 1. The Morgan fingerprint density at radius 2 is 1.46 bits per heavy atom. The van der Waals surface area contributed by atoms with Gasteiger partial charge in [0.25, 0.3) is 0 Å². The Balaban J connectivity index is 3.03. The van der Waals surface area contributed by atoms with Crippen molar-refractivity contribution < 1.29 is 9.59 Å². The van der Waals surface area contributed by atoms with Crippen LogP contribution in [0, 0.1) is 0 Å². The van der Waals surface area contributed by atoms with Gasteiger partial charge in [0.05, 0.1) is 5.69 Å². The third kappa shape index (κ3) is 2.44. The maximum atomic E-state index is 10.8. The quantitative estimate of drug-likeness (QED) is 0.536. The van der Waals surface area contributed by atoms with Gasteiger partial charge in [-0.1, -0.05) is 18.2 Å². The third-order valence-corrected chi connectivity index (χ3v) is 1.70. The Bertz CT molecular complexity index is 312. The normalized spacial score (nSPS) is 9.38. The number of carbonyl (C=O) groups is 2. The average molecular weight is 218 g/mol. The molecule has 68 valence electrons. The highest BCUT2D eigenvalue weighted by Gasteiger charge is 2.18. The second-order valence-electron chi connectivity index (χ2n) is 2.18. The van der Waals surface area contributed by atoms with Gasteiger partial charge in [-0.05, 0) is 35.3 Å². The molecule has 0 bridgehead atoms. The van der Waals surface area contributed by atoms with E-state index in [0.717, 1.165) is 0 Å². The van der Waals surface area contributed by atoms with Gasteiger partial charge in [-0.2, -0.15) is 0 Å². The molecule has 2 amide bonds. The van der Waals surface area contributed by atoms with Gasteiger partial charge in [0.1, 0.15) is 0 Å². The second kappa shape index (κ2) is 4.25. The Kier molecular flexibility index (Phi) is 3.28. The molecule has 1 aromatic rings. The average Bonchev–Trinajstić information content (AvgIpc) is 2.04. The summed E-state index contributed by atoms with van der Waals surface area (Å²) in [6.45, 7) is 0. The van der Waals surface area contributed by atoms with Gasteiger partial charge >= 0.3 is 10.7 Å². The molecule has 0 saturated carbocycles. The molecule has 0 aliphatic heterocycles. The Labute approximate surface area is 84.9 Å². The van der Waals surface area contributed by atoms with Crippen LogP contribution < -0.4 is 4.90 Å². The molecule has 0 aliphatic carbocycles. The SMILES string of the molecule is O=C(Cl)N(C(=O)Cl)c1ccccc1. The predicted molar refractivity (Wildman–Crippen MR) is 51.4 cm³/mol. The largest absolute Gasteiger partial charge is 0.328 e. The van der Waals surface area contributed by atoms with Crippen LogP contribution in [0.5, 0.6) is 0 Å². The molecule has 0 radical (unpaired) electrons. The number of halogens is 2. The smallest absolute Gasteiger partial charge is 0.254 e. The van der Waals surface area contributed by atoms with Crippen molar-refractivity contribution in [3.63, 3.8) is 0 Å². The number of anilines is 1. The molecule has 0 unspecified atom stereocenters. The van der Waals surface area contributed by atoms with Gasteiger partial charge in [0.2, 0.25) is 0 Å². The zero-order valence-corrected chi connectivity index (χ0v) is 7.92. The van der Waals surface area contributed by atoms with E-state index in [1.165, 1.54) is 0 Å². The minimum absolute atomic E-state index is 0.350. The van der Waals surface area contributed by atoms with Crippen molar-refractivity contribution in [2.75, 3.05) is 4.90 Å². The molecule has 1 aromatic carbocycles. The van der Waals surface area contributed by atoms with E-state index in [9.17, 15) is 9.59 Å². The molecule has 0 fully saturated rings. The van der Waals surface area contributed by atoms with Crippen LogP contribution in [0.4, 0.5) is 15.3 Å². The molecule has 3 nitrogen and oxygen atoms in total. The summed E-state index contributed by atoms with van der Waals surface area (Å²) in [5.74, 6) is 0. The summed E-state index contributed by atoms with van der Waals surface area (Å²) in [7, 11) is 0. The molecule has 5 heteroatoms. The van der Waals surface area contributed by atoms with Gasteiger partial charge in [-0.25, -0.2) is 4.90 Å². The summed E-state index contributed by atoms with van der Waals surface area (Å²) < 4.78 is 0. The number of hydrogen-bond donors (Lipinski definition) is 0. The lowest BCUT2D eigenvalue weighted by atomic mass is 10.3. The maximum Gasteiger partial charge on any atom is 0.328 e. The third-order valence-electron chi connectivity index (χ3n) is 1.37. The fraction of sp³-hybridized carbons (Fsp3) is 0. The number of benzene rings is 1. The lowest BCUT2D eigenvalue weighted by molar-refractivity contribution is 0.255. The molecule has 0 spiro atoms. The zero-order valence-electron chi connectivity index (χ0n) is 6.41. The summed E-state index contributed by atoms with van der Waals surface area (Å²) in [5, 5.41) is -1.85. The molecule has 0 atom stereocenters. The van der Waals surface area contributed by atoms with Crippen LogP contribution in [0.25, 0.3) is 0 Å². The van der Waals surface area contributed by atoms with E-state index in [1.54, 1.807) is 30.3 Å². The number of nitrogens with zero attached hydrogens (tertiary/aromatic N) is 1. The Hall–Kier alpha value is -1.06. The van der Waals surface area contributed by atoms with Crippen molar-refractivity contribution in [2.45, 2.75) is 0 Å². The van der Waals surface area contributed by atoms with Crippen molar-refractivity contribution in [1.82, 2.24) is 0 Å². The standard InChI is InChI=1S/C8H5Cl2NO2/c9-7(12)11(8(10)13)6-4-2-1-3-5-6/h1-5H. The van der Waals surface area contributed by atoms with E-state index < -0.39 is 10.7 Å². The van der Waals surface area contributed by atoms with Gasteiger partial charge in [0, 0.05) is 0 Å². The topological polar surface area (TPSA) is 37.4 Å². The summed E-state index contributed by atoms with van der Waals surface area (Å²) in [4.78, 5) is 22.2. The van der Waals surface area contributed by atoms with E-state index >= 15 is 0 Å². The lowest BCUT2D eigenvalue weighted by Crippen LogP contribution is -2.27. The van der Waals surface area contributed by atoms with Crippen LogP contribution >= 0.6 is 23.2 Å². The van der Waals surface area contributed by atoms with Gasteiger partial charge in [0.15, 0.2) is 0 Å². The zero-order chi connectivity index (χ0) is 9.84. The summed E-state index contributed by atoms with van der Waals surface area (Å²) in [6, 6.07) is 8.20. The highest BCUT2D eigenvalue weighted by molar-refractivity contribution is 6.76. The van der Waals surface area contributed by atoms with Crippen molar-refractivity contribution >= 4 is 39.6 Å². The fourth-order valence-electron chi connectivity index (χ4n) is 0.849. The lowest BCUT2D eigenvalue weighted by Gasteiger charge is -2.13.